The zero-order chi connectivity index (χ0) is 17.2. The van der Waals surface area contributed by atoms with Gasteiger partial charge in [-0.05, 0) is 49.2 Å². The van der Waals surface area contributed by atoms with Crippen LogP contribution in [-0.2, 0) is 4.79 Å². The normalized spacial score (nSPS) is 10.2. The summed E-state index contributed by atoms with van der Waals surface area (Å²) in [7, 11) is 0. The van der Waals surface area contributed by atoms with Gasteiger partial charge < -0.3 is 15.0 Å². The van der Waals surface area contributed by atoms with Crippen LogP contribution in [0, 0.1) is 0 Å². The van der Waals surface area contributed by atoms with Gasteiger partial charge in [0.15, 0.2) is 0 Å². The summed E-state index contributed by atoms with van der Waals surface area (Å²) in [5.41, 5.74) is 0.914. The van der Waals surface area contributed by atoms with Crippen LogP contribution in [0.5, 0.6) is 11.5 Å². The first-order chi connectivity index (χ1) is 11.7. The van der Waals surface area contributed by atoms with Crippen molar-refractivity contribution >= 4 is 11.6 Å². The molecule has 0 saturated heterocycles. The number of para-hydroxylation sites is 1. The maximum atomic E-state index is 12.2. The van der Waals surface area contributed by atoms with Crippen molar-refractivity contribution in [3.63, 3.8) is 0 Å². The van der Waals surface area contributed by atoms with E-state index in [0.717, 1.165) is 43.1 Å². The van der Waals surface area contributed by atoms with E-state index < -0.39 is 0 Å². The lowest BCUT2D eigenvalue weighted by molar-refractivity contribution is -0.129. The highest BCUT2D eigenvalue weighted by Gasteiger charge is 2.11. The van der Waals surface area contributed by atoms with E-state index in [0.29, 0.717) is 6.54 Å². The molecule has 0 aromatic heterocycles. The van der Waals surface area contributed by atoms with Crippen molar-refractivity contribution in [3.8, 4) is 11.5 Å². The van der Waals surface area contributed by atoms with Crippen molar-refractivity contribution in [2.45, 2.75) is 26.7 Å². The molecule has 0 unspecified atom stereocenters. The van der Waals surface area contributed by atoms with Gasteiger partial charge in [-0.3, -0.25) is 4.79 Å². The van der Waals surface area contributed by atoms with E-state index >= 15 is 0 Å². The average Bonchev–Trinajstić information content (AvgIpc) is 2.61. The molecule has 1 amide bonds. The first-order valence-electron chi connectivity index (χ1n) is 8.57. The number of carbonyl (C=O) groups is 1. The highest BCUT2D eigenvalue weighted by Crippen LogP contribution is 2.22. The molecule has 0 heterocycles. The molecule has 1 N–H and O–H groups in total. The molecule has 4 heteroatoms. The highest BCUT2D eigenvalue weighted by molar-refractivity contribution is 5.80. The van der Waals surface area contributed by atoms with Gasteiger partial charge in [-0.15, -0.1) is 0 Å². The minimum Gasteiger partial charge on any atom is -0.457 e. The number of amides is 1. The second kappa shape index (κ2) is 9.60. The van der Waals surface area contributed by atoms with Gasteiger partial charge in [-0.25, -0.2) is 0 Å². The molecule has 2 rings (SSSR count). The molecular weight excluding hydrogens is 300 g/mol. The van der Waals surface area contributed by atoms with Gasteiger partial charge in [0.1, 0.15) is 11.5 Å². The third-order valence-corrected chi connectivity index (χ3v) is 3.62. The molecule has 0 aliphatic heterocycles. The number of hydrogen-bond donors (Lipinski definition) is 1. The van der Waals surface area contributed by atoms with Crippen LogP contribution in [0.25, 0.3) is 0 Å². The van der Waals surface area contributed by atoms with Gasteiger partial charge in [0.2, 0.25) is 5.91 Å². The van der Waals surface area contributed by atoms with Gasteiger partial charge in [0, 0.05) is 18.8 Å². The lowest BCUT2D eigenvalue weighted by atomic mass is 10.3. The van der Waals surface area contributed by atoms with Crippen LogP contribution in [0.2, 0.25) is 0 Å². The fourth-order valence-electron chi connectivity index (χ4n) is 2.46. The van der Waals surface area contributed by atoms with Crippen molar-refractivity contribution < 1.29 is 9.53 Å². The monoisotopic (exact) mass is 326 g/mol. The van der Waals surface area contributed by atoms with E-state index in [1.165, 1.54) is 0 Å². The molecule has 0 aliphatic rings. The van der Waals surface area contributed by atoms with Crippen LogP contribution in [0.4, 0.5) is 5.69 Å². The SMILES string of the molecule is CCCN(CCC)C(=O)CNc1ccc(Oc2ccccc2)cc1. The quantitative estimate of drug-likeness (QED) is 0.735. The fourth-order valence-corrected chi connectivity index (χ4v) is 2.46. The van der Waals surface area contributed by atoms with Crippen molar-refractivity contribution in [1.29, 1.82) is 0 Å². The topological polar surface area (TPSA) is 41.6 Å². The van der Waals surface area contributed by atoms with Crippen molar-refractivity contribution in [2.75, 3.05) is 25.0 Å². The minimum atomic E-state index is 0.142. The summed E-state index contributed by atoms with van der Waals surface area (Å²) in [5, 5.41) is 3.19. The fraction of sp³-hybridized carbons (Fsp3) is 0.350. The van der Waals surface area contributed by atoms with Crippen molar-refractivity contribution in [3.05, 3.63) is 54.6 Å². The first-order valence-corrected chi connectivity index (χ1v) is 8.57. The Labute approximate surface area is 144 Å². The third-order valence-electron chi connectivity index (χ3n) is 3.62. The van der Waals surface area contributed by atoms with Crippen LogP contribution in [0.15, 0.2) is 54.6 Å². The highest BCUT2D eigenvalue weighted by atomic mass is 16.5. The summed E-state index contributed by atoms with van der Waals surface area (Å²) >= 11 is 0. The van der Waals surface area contributed by atoms with Crippen LogP contribution >= 0.6 is 0 Å². The van der Waals surface area contributed by atoms with Gasteiger partial charge >= 0.3 is 0 Å². The maximum Gasteiger partial charge on any atom is 0.241 e. The second-order valence-electron chi connectivity index (χ2n) is 5.67. The van der Waals surface area contributed by atoms with Crippen LogP contribution in [0.1, 0.15) is 26.7 Å². The van der Waals surface area contributed by atoms with E-state index in [1.807, 2.05) is 59.5 Å². The summed E-state index contributed by atoms with van der Waals surface area (Å²) in [6.45, 7) is 6.14. The molecule has 0 bridgehead atoms. The molecule has 4 nitrogen and oxygen atoms in total. The maximum absolute atomic E-state index is 12.2. The van der Waals surface area contributed by atoms with Gasteiger partial charge in [0.05, 0.1) is 6.54 Å². The molecule has 0 radical (unpaired) electrons. The standard InChI is InChI=1S/C20H26N2O2/c1-3-14-22(15-4-2)20(23)16-21-17-10-12-19(13-11-17)24-18-8-6-5-7-9-18/h5-13,21H,3-4,14-16H2,1-2H3. The molecule has 2 aromatic rings. The number of carbonyl (C=O) groups excluding carboxylic acids is 1. The Balaban J connectivity index is 1.86. The number of hydrogen-bond acceptors (Lipinski definition) is 3. The largest absolute Gasteiger partial charge is 0.457 e. The zero-order valence-corrected chi connectivity index (χ0v) is 14.5. The van der Waals surface area contributed by atoms with Gasteiger partial charge in [-0.2, -0.15) is 0 Å². The number of anilines is 1. The Morgan fingerprint density at radius 2 is 1.50 bits per heavy atom. The average molecular weight is 326 g/mol. The van der Waals surface area contributed by atoms with Gasteiger partial charge in [-0.1, -0.05) is 32.0 Å². The molecule has 0 fully saturated rings. The van der Waals surface area contributed by atoms with E-state index in [-0.39, 0.29) is 5.91 Å². The van der Waals surface area contributed by atoms with Crippen LogP contribution in [-0.4, -0.2) is 30.4 Å². The summed E-state index contributed by atoms with van der Waals surface area (Å²) in [5.74, 6) is 1.73. The van der Waals surface area contributed by atoms with E-state index in [9.17, 15) is 4.79 Å². The van der Waals surface area contributed by atoms with Crippen molar-refractivity contribution in [1.82, 2.24) is 4.90 Å². The minimum absolute atomic E-state index is 0.142. The third kappa shape index (κ3) is 5.61. The number of ether oxygens (including phenoxy) is 1. The van der Waals surface area contributed by atoms with Gasteiger partial charge in [0.25, 0.3) is 0 Å². The number of nitrogens with one attached hydrogen (secondary N) is 1. The molecule has 0 aliphatic carbocycles. The first kappa shape index (κ1) is 17.9. The molecule has 24 heavy (non-hydrogen) atoms. The Morgan fingerprint density at radius 3 is 2.08 bits per heavy atom. The van der Waals surface area contributed by atoms with E-state index in [4.69, 9.17) is 4.74 Å². The zero-order valence-electron chi connectivity index (χ0n) is 14.5. The van der Waals surface area contributed by atoms with E-state index in [2.05, 4.69) is 19.2 Å². The second-order valence-corrected chi connectivity index (χ2v) is 5.67. The van der Waals surface area contributed by atoms with Crippen LogP contribution < -0.4 is 10.1 Å². The Kier molecular flexibility index (Phi) is 7.15. The lowest BCUT2D eigenvalue weighted by Gasteiger charge is -2.21. The molecule has 0 spiro atoms. The predicted octanol–water partition coefficient (Wildman–Crippen LogP) is 4.54. The lowest BCUT2D eigenvalue weighted by Crippen LogP contribution is -2.36. The number of benzene rings is 2. The molecular formula is C20H26N2O2. The number of rotatable bonds is 9. The van der Waals surface area contributed by atoms with E-state index in [1.54, 1.807) is 0 Å². The predicted molar refractivity (Wildman–Crippen MR) is 98.6 cm³/mol. The Hall–Kier alpha value is -2.49. The van der Waals surface area contributed by atoms with Crippen molar-refractivity contribution in [2.24, 2.45) is 0 Å². The number of nitrogens with zero attached hydrogens (tertiary/aromatic N) is 1. The molecule has 0 atom stereocenters. The molecule has 2 aromatic carbocycles. The summed E-state index contributed by atoms with van der Waals surface area (Å²) in [4.78, 5) is 14.2. The Morgan fingerprint density at radius 1 is 0.917 bits per heavy atom. The summed E-state index contributed by atoms with van der Waals surface area (Å²) < 4.78 is 5.76. The van der Waals surface area contributed by atoms with Crippen LogP contribution in [0.3, 0.4) is 0 Å². The smallest absolute Gasteiger partial charge is 0.241 e. The summed E-state index contributed by atoms with van der Waals surface area (Å²) in [6, 6.07) is 17.3. The molecule has 0 saturated carbocycles. The molecule has 128 valence electrons. The summed E-state index contributed by atoms with van der Waals surface area (Å²) in [6.07, 6.45) is 1.97. The Bertz CT molecular complexity index is 605.